The van der Waals surface area contributed by atoms with E-state index in [4.69, 9.17) is 11.6 Å². The van der Waals surface area contributed by atoms with Gasteiger partial charge in [0.2, 0.25) is 10.0 Å². The largest absolute Gasteiger partial charge is 0.357 e. The predicted molar refractivity (Wildman–Crippen MR) is 121 cm³/mol. The Morgan fingerprint density at radius 2 is 1.81 bits per heavy atom. The Bertz CT molecular complexity index is 653. The average Bonchev–Trinajstić information content (AvgIpc) is 2.59. The molecule has 0 aliphatic heterocycles. The summed E-state index contributed by atoms with van der Waals surface area (Å²) in [7, 11) is 0.466. The van der Waals surface area contributed by atoms with E-state index < -0.39 is 10.0 Å². The number of hydrogen-bond acceptors (Lipinski definition) is 3. The lowest BCUT2D eigenvalue weighted by molar-refractivity contribution is 0.459. The van der Waals surface area contributed by atoms with E-state index in [0.717, 1.165) is 23.1 Å². The van der Waals surface area contributed by atoms with Gasteiger partial charge in [-0.05, 0) is 38.0 Å². The fraction of sp³-hybridized carbons (Fsp3) is 0.588. The van der Waals surface area contributed by atoms with Crippen molar-refractivity contribution in [3.8, 4) is 0 Å². The van der Waals surface area contributed by atoms with Gasteiger partial charge in [-0.15, -0.1) is 24.0 Å². The maximum Gasteiger partial charge on any atom is 0.213 e. The summed E-state index contributed by atoms with van der Waals surface area (Å²) in [6.45, 7) is 6.20. The van der Waals surface area contributed by atoms with Gasteiger partial charge in [0.05, 0.1) is 5.75 Å². The fourth-order valence-corrected chi connectivity index (χ4v) is 3.22. The molecule has 1 aromatic carbocycles. The summed E-state index contributed by atoms with van der Waals surface area (Å²) in [4.78, 5) is 6.63. The lowest BCUT2D eigenvalue weighted by Crippen LogP contribution is -2.38. The van der Waals surface area contributed by atoms with Crippen LogP contribution < -0.4 is 5.32 Å². The predicted octanol–water partition coefficient (Wildman–Crippen LogP) is 3.03. The number of nitrogens with zero attached hydrogens (tertiary/aromatic N) is 3. The van der Waals surface area contributed by atoms with Crippen molar-refractivity contribution in [3.05, 3.63) is 34.9 Å². The van der Waals surface area contributed by atoms with Crippen LogP contribution in [0.1, 0.15) is 25.8 Å². The lowest BCUT2D eigenvalue weighted by Gasteiger charge is -2.22. The van der Waals surface area contributed by atoms with Crippen molar-refractivity contribution in [2.75, 3.05) is 39.5 Å². The molecule has 1 N–H and O–H groups in total. The van der Waals surface area contributed by atoms with Crippen molar-refractivity contribution >= 4 is 51.6 Å². The molecule has 0 bridgehead atoms. The Labute approximate surface area is 180 Å². The molecule has 0 saturated carbocycles. The number of sulfonamides is 1. The minimum atomic E-state index is -3.12. The van der Waals surface area contributed by atoms with E-state index in [1.165, 1.54) is 4.31 Å². The molecule has 0 radical (unpaired) electrons. The monoisotopic (exact) mass is 516 g/mol. The van der Waals surface area contributed by atoms with Crippen LogP contribution in [0.2, 0.25) is 5.02 Å². The highest BCUT2D eigenvalue weighted by atomic mass is 127. The quantitative estimate of drug-likeness (QED) is 0.237. The summed E-state index contributed by atoms with van der Waals surface area (Å²) in [5.74, 6) is 0.928. The Hall–Kier alpha value is -0.580. The fourth-order valence-electron chi connectivity index (χ4n) is 2.25. The standard InChI is InChI=1S/C17H29ClN4O2S.HI/c1-5-19-17(20-12-7-13-22(4)25(23,24)6-2)21(3)14-15-8-10-16(18)11-9-15;/h8-11H,5-7,12-14H2,1-4H3,(H,19,20);1H. The first-order valence-electron chi connectivity index (χ1n) is 8.48. The van der Waals surface area contributed by atoms with Crippen LogP contribution in [0.4, 0.5) is 0 Å². The van der Waals surface area contributed by atoms with Gasteiger partial charge in [-0.2, -0.15) is 0 Å². The van der Waals surface area contributed by atoms with Crippen LogP contribution in [0, 0.1) is 0 Å². The molecule has 0 heterocycles. The zero-order valence-electron chi connectivity index (χ0n) is 15.9. The zero-order chi connectivity index (χ0) is 18.9. The molecule has 0 saturated heterocycles. The first kappa shape index (κ1) is 25.4. The van der Waals surface area contributed by atoms with Crippen LogP contribution in [0.3, 0.4) is 0 Å². The molecule has 1 aromatic rings. The SMILES string of the molecule is CCNC(=NCCCN(C)S(=O)(=O)CC)N(C)Cc1ccc(Cl)cc1.I. The summed E-state index contributed by atoms with van der Waals surface area (Å²) in [6, 6.07) is 7.73. The summed E-state index contributed by atoms with van der Waals surface area (Å²) in [5.41, 5.74) is 1.14. The van der Waals surface area contributed by atoms with E-state index in [0.29, 0.717) is 26.1 Å². The zero-order valence-corrected chi connectivity index (χ0v) is 19.8. The second kappa shape index (κ2) is 12.7. The van der Waals surface area contributed by atoms with Crippen LogP contribution in [-0.4, -0.2) is 63.1 Å². The number of benzene rings is 1. The van der Waals surface area contributed by atoms with Gasteiger partial charge in [-0.1, -0.05) is 23.7 Å². The Morgan fingerprint density at radius 1 is 1.19 bits per heavy atom. The van der Waals surface area contributed by atoms with E-state index in [1.807, 2.05) is 43.1 Å². The Balaban J connectivity index is 0.00000625. The number of aliphatic imine (C=N–C) groups is 1. The van der Waals surface area contributed by atoms with E-state index in [9.17, 15) is 8.42 Å². The molecule has 9 heteroatoms. The highest BCUT2D eigenvalue weighted by molar-refractivity contribution is 14.0. The van der Waals surface area contributed by atoms with E-state index >= 15 is 0 Å². The highest BCUT2D eigenvalue weighted by Gasteiger charge is 2.14. The third kappa shape index (κ3) is 8.88. The molecule has 1 rings (SSSR count). The molecular formula is C17H30ClIN4O2S. The van der Waals surface area contributed by atoms with Gasteiger partial charge in [0.25, 0.3) is 0 Å². The molecule has 0 spiro atoms. The maximum atomic E-state index is 11.7. The summed E-state index contributed by atoms with van der Waals surface area (Å²) >= 11 is 5.92. The van der Waals surface area contributed by atoms with Crippen molar-refractivity contribution in [1.82, 2.24) is 14.5 Å². The van der Waals surface area contributed by atoms with Gasteiger partial charge in [-0.3, -0.25) is 4.99 Å². The molecule has 150 valence electrons. The molecule has 26 heavy (non-hydrogen) atoms. The van der Waals surface area contributed by atoms with Gasteiger partial charge >= 0.3 is 0 Å². The van der Waals surface area contributed by atoms with Crippen LogP contribution in [0.5, 0.6) is 0 Å². The minimum absolute atomic E-state index is 0. The Kier molecular flexibility index (Phi) is 12.5. The van der Waals surface area contributed by atoms with Crippen molar-refractivity contribution in [2.24, 2.45) is 4.99 Å². The van der Waals surface area contributed by atoms with Crippen molar-refractivity contribution < 1.29 is 8.42 Å². The van der Waals surface area contributed by atoms with Crippen molar-refractivity contribution in [2.45, 2.75) is 26.8 Å². The third-order valence-electron chi connectivity index (χ3n) is 3.76. The number of halogens is 2. The Morgan fingerprint density at radius 3 is 2.35 bits per heavy atom. The van der Waals surface area contributed by atoms with Gasteiger partial charge in [0.15, 0.2) is 5.96 Å². The van der Waals surface area contributed by atoms with Crippen LogP contribution in [0.15, 0.2) is 29.3 Å². The molecule has 6 nitrogen and oxygen atoms in total. The van der Waals surface area contributed by atoms with Gasteiger partial charge in [0, 0.05) is 45.3 Å². The number of rotatable bonds is 9. The van der Waals surface area contributed by atoms with Gasteiger partial charge < -0.3 is 10.2 Å². The van der Waals surface area contributed by atoms with E-state index in [1.54, 1.807) is 14.0 Å². The number of guanidine groups is 1. The smallest absolute Gasteiger partial charge is 0.213 e. The average molecular weight is 517 g/mol. The molecule has 0 fully saturated rings. The third-order valence-corrected chi connectivity index (χ3v) is 5.88. The lowest BCUT2D eigenvalue weighted by atomic mass is 10.2. The van der Waals surface area contributed by atoms with Crippen LogP contribution in [-0.2, 0) is 16.6 Å². The molecule has 0 aliphatic rings. The summed E-state index contributed by atoms with van der Waals surface area (Å²) in [6.07, 6.45) is 0.680. The highest BCUT2D eigenvalue weighted by Crippen LogP contribution is 2.11. The number of hydrogen-bond donors (Lipinski definition) is 1. The van der Waals surface area contributed by atoms with Crippen LogP contribution in [0.25, 0.3) is 0 Å². The summed E-state index contributed by atoms with van der Waals surface area (Å²) in [5, 5.41) is 3.98. The molecule has 0 aliphatic carbocycles. The van der Waals surface area contributed by atoms with Crippen LogP contribution >= 0.6 is 35.6 Å². The second-order valence-electron chi connectivity index (χ2n) is 5.79. The van der Waals surface area contributed by atoms with Crippen molar-refractivity contribution in [1.29, 1.82) is 0 Å². The number of nitrogens with one attached hydrogen (secondary N) is 1. The molecule has 0 aromatic heterocycles. The van der Waals surface area contributed by atoms with E-state index in [-0.39, 0.29) is 29.7 Å². The molecule has 0 amide bonds. The van der Waals surface area contributed by atoms with Gasteiger partial charge in [-0.25, -0.2) is 12.7 Å². The second-order valence-corrected chi connectivity index (χ2v) is 8.59. The van der Waals surface area contributed by atoms with Crippen molar-refractivity contribution in [3.63, 3.8) is 0 Å². The molecular weight excluding hydrogens is 487 g/mol. The molecule has 0 unspecified atom stereocenters. The summed E-state index contributed by atoms with van der Waals surface area (Å²) < 4.78 is 24.8. The van der Waals surface area contributed by atoms with Gasteiger partial charge in [0.1, 0.15) is 0 Å². The minimum Gasteiger partial charge on any atom is -0.357 e. The normalized spacial score (nSPS) is 12.0. The first-order valence-corrected chi connectivity index (χ1v) is 10.5. The maximum absolute atomic E-state index is 11.7. The van der Waals surface area contributed by atoms with E-state index in [2.05, 4.69) is 10.3 Å². The topological polar surface area (TPSA) is 65.0 Å². The first-order chi connectivity index (χ1) is 11.8. The molecule has 0 atom stereocenters.